The second-order valence-electron chi connectivity index (χ2n) is 4.40. The number of alkyl halides is 3. The molecule has 0 fully saturated rings. The lowest BCUT2D eigenvalue weighted by atomic mass is 9.96. The highest BCUT2D eigenvalue weighted by Gasteiger charge is 2.28. The van der Waals surface area contributed by atoms with Crippen LogP contribution < -0.4 is 0 Å². The van der Waals surface area contributed by atoms with Gasteiger partial charge >= 0.3 is 6.18 Å². The summed E-state index contributed by atoms with van der Waals surface area (Å²) in [5.41, 5.74) is 2.86. The van der Waals surface area contributed by atoms with Gasteiger partial charge in [-0.25, -0.2) is 0 Å². The van der Waals surface area contributed by atoms with Crippen LogP contribution in [0.3, 0.4) is 0 Å². The summed E-state index contributed by atoms with van der Waals surface area (Å²) >= 11 is 0. The Morgan fingerprint density at radius 3 is 2.22 bits per heavy atom. The predicted octanol–water partition coefficient (Wildman–Crippen LogP) is 4.19. The van der Waals surface area contributed by atoms with Crippen LogP contribution >= 0.6 is 0 Å². The molecule has 0 amide bonds. The summed E-state index contributed by atoms with van der Waals surface area (Å²) in [7, 11) is 0. The Balaban J connectivity index is 2.77. The second kappa shape index (κ2) is 6.23. The van der Waals surface area contributed by atoms with Gasteiger partial charge in [0.1, 0.15) is 0 Å². The fraction of sp³-hybridized carbons (Fsp3) is 0.571. The van der Waals surface area contributed by atoms with E-state index in [9.17, 15) is 18.3 Å². The van der Waals surface area contributed by atoms with Crippen LogP contribution in [0.25, 0.3) is 0 Å². The van der Waals surface area contributed by atoms with E-state index in [2.05, 4.69) is 0 Å². The number of aliphatic hydroxyl groups is 1. The lowest BCUT2D eigenvalue weighted by Gasteiger charge is -2.15. The Bertz CT molecular complexity index is 385. The third kappa shape index (κ3) is 4.33. The normalized spacial score (nSPS) is 13.7. The first-order chi connectivity index (χ1) is 8.37. The molecule has 1 N–H and O–H groups in total. The number of hydrogen-bond donors (Lipinski definition) is 1. The molecular weight excluding hydrogens is 241 g/mol. The summed E-state index contributed by atoms with van der Waals surface area (Å²) in [6.07, 6.45) is -4.77. The molecule has 1 nitrogen and oxygen atoms in total. The van der Waals surface area contributed by atoms with E-state index in [1.54, 1.807) is 6.07 Å². The lowest BCUT2D eigenvalue weighted by Crippen LogP contribution is -2.10. The summed E-state index contributed by atoms with van der Waals surface area (Å²) in [5, 5.41) is 9.77. The minimum Gasteiger partial charge on any atom is -0.388 e. The largest absolute Gasteiger partial charge is 0.389 e. The zero-order chi connectivity index (χ0) is 13.8. The van der Waals surface area contributed by atoms with Crippen LogP contribution in [0.5, 0.6) is 0 Å². The highest BCUT2D eigenvalue weighted by molar-refractivity contribution is 5.33. The fourth-order valence-corrected chi connectivity index (χ4v) is 1.99. The molecule has 1 rings (SSSR count). The van der Waals surface area contributed by atoms with Gasteiger partial charge in [-0.15, -0.1) is 0 Å². The van der Waals surface area contributed by atoms with Gasteiger partial charge < -0.3 is 5.11 Å². The van der Waals surface area contributed by atoms with Crippen LogP contribution in [0, 0.1) is 0 Å². The summed E-state index contributed by atoms with van der Waals surface area (Å²) < 4.78 is 36.3. The zero-order valence-electron chi connectivity index (χ0n) is 10.7. The first kappa shape index (κ1) is 15.0. The van der Waals surface area contributed by atoms with E-state index >= 15 is 0 Å². The summed E-state index contributed by atoms with van der Waals surface area (Å²) in [5.74, 6) is 0. The number of benzene rings is 1. The number of aliphatic hydroxyl groups excluding tert-OH is 1. The molecular formula is C14H19F3O. The monoisotopic (exact) mass is 260 g/mol. The Labute approximate surface area is 106 Å². The molecule has 0 spiro atoms. The van der Waals surface area contributed by atoms with E-state index in [1.165, 1.54) is 5.56 Å². The highest BCUT2D eigenvalue weighted by Crippen LogP contribution is 2.28. The summed E-state index contributed by atoms with van der Waals surface area (Å²) in [6, 6.07) is 5.43. The van der Waals surface area contributed by atoms with Crippen molar-refractivity contribution in [3.63, 3.8) is 0 Å². The van der Waals surface area contributed by atoms with Crippen molar-refractivity contribution in [2.75, 3.05) is 0 Å². The SMILES string of the molecule is CCc1ccc(C(O)CCC(F)(F)F)cc1CC. The van der Waals surface area contributed by atoms with Gasteiger partial charge in [0, 0.05) is 6.42 Å². The van der Waals surface area contributed by atoms with E-state index in [-0.39, 0.29) is 6.42 Å². The molecule has 0 saturated heterocycles. The van der Waals surface area contributed by atoms with Crippen molar-refractivity contribution in [3.8, 4) is 0 Å². The molecule has 0 heterocycles. The second-order valence-corrected chi connectivity index (χ2v) is 4.40. The van der Waals surface area contributed by atoms with Crippen LogP contribution in [-0.4, -0.2) is 11.3 Å². The highest BCUT2D eigenvalue weighted by atomic mass is 19.4. The van der Waals surface area contributed by atoms with Crippen LogP contribution in [-0.2, 0) is 12.8 Å². The quantitative estimate of drug-likeness (QED) is 0.841. The maximum absolute atomic E-state index is 12.1. The topological polar surface area (TPSA) is 20.2 Å². The minimum absolute atomic E-state index is 0.280. The molecule has 4 heteroatoms. The van der Waals surface area contributed by atoms with Crippen LogP contribution in [0.4, 0.5) is 13.2 Å². The average Bonchev–Trinajstić information content (AvgIpc) is 2.34. The lowest BCUT2D eigenvalue weighted by molar-refractivity contribution is -0.140. The molecule has 0 saturated carbocycles. The summed E-state index contributed by atoms with van der Waals surface area (Å²) in [4.78, 5) is 0. The van der Waals surface area contributed by atoms with E-state index in [4.69, 9.17) is 0 Å². The molecule has 18 heavy (non-hydrogen) atoms. The number of rotatable bonds is 5. The Kier molecular flexibility index (Phi) is 5.20. The van der Waals surface area contributed by atoms with E-state index in [0.29, 0.717) is 5.56 Å². The van der Waals surface area contributed by atoms with Crippen molar-refractivity contribution in [2.45, 2.75) is 51.8 Å². The molecule has 0 aliphatic heterocycles. The van der Waals surface area contributed by atoms with Crippen molar-refractivity contribution < 1.29 is 18.3 Å². The van der Waals surface area contributed by atoms with Gasteiger partial charge in [0.05, 0.1) is 6.10 Å². The Morgan fingerprint density at radius 2 is 1.72 bits per heavy atom. The minimum atomic E-state index is -4.21. The van der Waals surface area contributed by atoms with E-state index in [1.807, 2.05) is 26.0 Å². The molecule has 1 atom stereocenters. The maximum Gasteiger partial charge on any atom is 0.389 e. The predicted molar refractivity (Wildman–Crippen MR) is 65.4 cm³/mol. The standard InChI is InChI=1S/C14H19F3O/c1-3-10-5-6-12(9-11(10)4-2)13(18)7-8-14(15,16)17/h5-6,9,13,18H,3-4,7-8H2,1-2H3. The number of halogens is 3. The van der Waals surface area contributed by atoms with Gasteiger partial charge in [-0.05, 0) is 36.0 Å². The zero-order valence-corrected chi connectivity index (χ0v) is 10.7. The smallest absolute Gasteiger partial charge is 0.388 e. The molecule has 1 aromatic rings. The van der Waals surface area contributed by atoms with Gasteiger partial charge in [-0.1, -0.05) is 32.0 Å². The van der Waals surface area contributed by atoms with Crippen molar-refractivity contribution in [1.29, 1.82) is 0 Å². The fourth-order valence-electron chi connectivity index (χ4n) is 1.99. The van der Waals surface area contributed by atoms with Crippen LogP contribution in [0.2, 0.25) is 0 Å². The van der Waals surface area contributed by atoms with Crippen LogP contribution in [0.15, 0.2) is 18.2 Å². The van der Waals surface area contributed by atoms with Crippen molar-refractivity contribution >= 4 is 0 Å². The Hall–Kier alpha value is -1.03. The first-order valence-corrected chi connectivity index (χ1v) is 6.23. The van der Waals surface area contributed by atoms with E-state index < -0.39 is 18.7 Å². The van der Waals surface area contributed by atoms with Gasteiger partial charge in [-0.3, -0.25) is 0 Å². The summed E-state index contributed by atoms with van der Waals surface area (Å²) in [6.45, 7) is 4.04. The van der Waals surface area contributed by atoms with Crippen molar-refractivity contribution in [2.24, 2.45) is 0 Å². The van der Waals surface area contributed by atoms with Gasteiger partial charge in [-0.2, -0.15) is 13.2 Å². The number of hydrogen-bond acceptors (Lipinski definition) is 1. The molecule has 0 radical (unpaired) electrons. The van der Waals surface area contributed by atoms with Crippen LogP contribution in [0.1, 0.15) is 49.5 Å². The molecule has 0 aromatic heterocycles. The van der Waals surface area contributed by atoms with Crippen molar-refractivity contribution in [1.82, 2.24) is 0 Å². The maximum atomic E-state index is 12.1. The molecule has 1 unspecified atom stereocenters. The third-order valence-corrected chi connectivity index (χ3v) is 3.08. The molecule has 1 aromatic carbocycles. The van der Waals surface area contributed by atoms with Crippen molar-refractivity contribution in [3.05, 3.63) is 34.9 Å². The van der Waals surface area contributed by atoms with E-state index in [0.717, 1.165) is 18.4 Å². The Morgan fingerprint density at radius 1 is 1.11 bits per heavy atom. The van der Waals surface area contributed by atoms with Gasteiger partial charge in [0.25, 0.3) is 0 Å². The third-order valence-electron chi connectivity index (χ3n) is 3.08. The van der Waals surface area contributed by atoms with Gasteiger partial charge in [0.15, 0.2) is 0 Å². The van der Waals surface area contributed by atoms with Gasteiger partial charge in [0.2, 0.25) is 0 Å². The average molecular weight is 260 g/mol. The molecule has 0 bridgehead atoms. The molecule has 102 valence electrons. The molecule has 0 aliphatic carbocycles. The number of aryl methyl sites for hydroxylation is 2. The first-order valence-electron chi connectivity index (χ1n) is 6.23. The molecule has 0 aliphatic rings.